The van der Waals surface area contributed by atoms with Gasteiger partial charge in [0, 0.05) is 36.4 Å². The number of nitrogens with zero attached hydrogens (tertiary/aromatic N) is 3. The Morgan fingerprint density at radius 3 is 2.43 bits per heavy atom. The number of nitrogens with one attached hydrogen (secondary N) is 2. The van der Waals surface area contributed by atoms with Crippen molar-refractivity contribution < 1.29 is 4.74 Å². The molecule has 0 aliphatic rings. The molecule has 2 aromatic carbocycles. The average molecular weight is 397 g/mol. The van der Waals surface area contributed by atoms with Gasteiger partial charge in [0.2, 0.25) is 5.95 Å². The molecule has 0 fully saturated rings. The Labute approximate surface area is 176 Å². The van der Waals surface area contributed by atoms with Gasteiger partial charge < -0.3 is 15.4 Å². The summed E-state index contributed by atoms with van der Waals surface area (Å²) in [6.07, 6.45) is 3.58. The van der Waals surface area contributed by atoms with Crippen molar-refractivity contribution in [3.8, 4) is 5.75 Å². The molecule has 150 valence electrons. The number of anilines is 3. The number of aryl methyl sites for hydroxylation is 1. The van der Waals surface area contributed by atoms with E-state index in [-0.39, 0.29) is 0 Å². The number of pyridine rings is 1. The molecule has 0 bridgehead atoms. The van der Waals surface area contributed by atoms with Gasteiger partial charge in [-0.2, -0.15) is 4.98 Å². The first kappa shape index (κ1) is 19.4. The first-order valence-corrected chi connectivity index (χ1v) is 9.77. The second-order valence-electron chi connectivity index (χ2n) is 6.86. The lowest BCUT2D eigenvalue weighted by Gasteiger charge is -2.11. The molecule has 6 heteroatoms. The SMILES string of the molecule is Cc1cc(Nc2ccc(OCc3ccccc3)cc2)nc(NCc2cccnc2)n1. The van der Waals surface area contributed by atoms with Gasteiger partial charge in [-0.3, -0.25) is 4.98 Å². The summed E-state index contributed by atoms with van der Waals surface area (Å²) in [4.78, 5) is 13.1. The molecule has 0 unspecified atom stereocenters. The van der Waals surface area contributed by atoms with Gasteiger partial charge in [0.1, 0.15) is 18.2 Å². The van der Waals surface area contributed by atoms with Crippen LogP contribution in [0, 0.1) is 6.92 Å². The highest BCUT2D eigenvalue weighted by molar-refractivity contribution is 5.58. The van der Waals surface area contributed by atoms with E-state index in [1.54, 1.807) is 6.20 Å². The predicted molar refractivity (Wildman–Crippen MR) is 119 cm³/mol. The highest BCUT2D eigenvalue weighted by Gasteiger charge is 2.04. The van der Waals surface area contributed by atoms with Crippen LogP contribution >= 0.6 is 0 Å². The van der Waals surface area contributed by atoms with Crippen LogP contribution in [-0.4, -0.2) is 15.0 Å². The molecule has 2 aromatic heterocycles. The third-order valence-electron chi connectivity index (χ3n) is 4.40. The largest absolute Gasteiger partial charge is 0.489 e. The Morgan fingerprint density at radius 2 is 1.67 bits per heavy atom. The van der Waals surface area contributed by atoms with Crippen molar-refractivity contribution in [1.82, 2.24) is 15.0 Å². The van der Waals surface area contributed by atoms with Gasteiger partial charge in [-0.25, -0.2) is 4.98 Å². The highest BCUT2D eigenvalue weighted by atomic mass is 16.5. The fourth-order valence-corrected chi connectivity index (χ4v) is 2.92. The number of rotatable bonds is 8. The normalized spacial score (nSPS) is 10.4. The lowest BCUT2D eigenvalue weighted by Crippen LogP contribution is -2.06. The summed E-state index contributed by atoms with van der Waals surface area (Å²) in [6.45, 7) is 3.11. The maximum atomic E-state index is 5.84. The van der Waals surface area contributed by atoms with Crippen LogP contribution < -0.4 is 15.4 Å². The van der Waals surface area contributed by atoms with Gasteiger partial charge in [0.25, 0.3) is 0 Å². The Hall–Kier alpha value is -3.93. The minimum atomic E-state index is 0.546. The summed E-state index contributed by atoms with van der Waals surface area (Å²) >= 11 is 0. The van der Waals surface area contributed by atoms with Crippen molar-refractivity contribution in [2.45, 2.75) is 20.1 Å². The van der Waals surface area contributed by atoms with E-state index in [4.69, 9.17) is 4.74 Å². The van der Waals surface area contributed by atoms with Gasteiger partial charge >= 0.3 is 0 Å². The molecule has 0 saturated heterocycles. The van der Waals surface area contributed by atoms with E-state index in [1.807, 2.05) is 85.9 Å². The minimum absolute atomic E-state index is 0.546. The third kappa shape index (κ3) is 5.54. The lowest BCUT2D eigenvalue weighted by molar-refractivity contribution is 0.306. The maximum Gasteiger partial charge on any atom is 0.225 e. The second-order valence-corrected chi connectivity index (χ2v) is 6.86. The Morgan fingerprint density at radius 1 is 0.867 bits per heavy atom. The third-order valence-corrected chi connectivity index (χ3v) is 4.40. The molecule has 0 saturated carbocycles. The summed E-state index contributed by atoms with van der Waals surface area (Å²) in [5.74, 6) is 2.13. The Bertz CT molecular complexity index is 1070. The molecule has 0 spiro atoms. The molecular formula is C24H23N5O. The van der Waals surface area contributed by atoms with Crippen LogP contribution in [0.15, 0.2) is 85.2 Å². The maximum absolute atomic E-state index is 5.84. The fraction of sp³-hybridized carbons (Fsp3) is 0.125. The molecule has 0 amide bonds. The van der Waals surface area contributed by atoms with E-state index in [0.29, 0.717) is 19.1 Å². The zero-order valence-corrected chi connectivity index (χ0v) is 16.7. The van der Waals surface area contributed by atoms with E-state index in [0.717, 1.165) is 34.1 Å². The number of hydrogen-bond acceptors (Lipinski definition) is 6. The van der Waals surface area contributed by atoms with Crippen LogP contribution in [0.2, 0.25) is 0 Å². The van der Waals surface area contributed by atoms with Gasteiger partial charge in [0.05, 0.1) is 0 Å². The van der Waals surface area contributed by atoms with E-state index < -0.39 is 0 Å². The molecule has 0 radical (unpaired) electrons. The molecule has 2 heterocycles. The van der Waals surface area contributed by atoms with Crippen LogP contribution in [0.1, 0.15) is 16.8 Å². The first-order valence-electron chi connectivity index (χ1n) is 9.77. The Balaban J connectivity index is 1.37. The standard InChI is InChI=1S/C24H23N5O/c1-18-14-23(29-24(27-18)26-16-20-8-5-13-25-15-20)28-21-9-11-22(12-10-21)30-17-19-6-3-2-4-7-19/h2-15H,16-17H2,1H3,(H2,26,27,28,29). The lowest BCUT2D eigenvalue weighted by atomic mass is 10.2. The van der Waals surface area contributed by atoms with Crippen LogP contribution in [0.4, 0.5) is 17.5 Å². The second kappa shape index (κ2) is 9.52. The van der Waals surface area contributed by atoms with Crippen molar-refractivity contribution in [3.05, 3.63) is 102 Å². The van der Waals surface area contributed by atoms with Crippen LogP contribution in [-0.2, 0) is 13.2 Å². The Kier molecular flexibility index (Phi) is 6.15. The van der Waals surface area contributed by atoms with Crippen LogP contribution in [0.3, 0.4) is 0 Å². The van der Waals surface area contributed by atoms with Crippen molar-refractivity contribution in [3.63, 3.8) is 0 Å². The van der Waals surface area contributed by atoms with Crippen molar-refractivity contribution in [1.29, 1.82) is 0 Å². The minimum Gasteiger partial charge on any atom is -0.489 e. The molecular weight excluding hydrogens is 374 g/mol. The summed E-state index contributed by atoms with van der Waals surface area (Å²) < 4.78 is 5.84. The average Bonchev–Trinajstić information content (AvgIpc) is 2.78. The molecule has 4 rings (SSSR count). The zero-order valence-electron chi connectivity index (χ0n) is 16.7. The molecule has 4 aromatic rings. The van der Waals surface area contributed by atoms with Gasteiger partial charge in [-0.05, 0) is 48.4 Å². The van der Waals surface area contributed by atoms with Crippen LogP contribution in [0.25, 0.3) is 0 Å². The van der Waals surface area contributed by atoms with Gasteiger partial charge in [0.15, 0.2) is 0 Å². The summed E-state index contributed by atoms with van der Waals surface area (Å²) in [6, 6.07) is 23.8. The summed E-state index contributed by atoms with van der Waals surface area (Å²) in [5, 5.41) is 6.57. The van der Waals surface area contributed by atoms with Gasteiger partial charge in [-0.15, -0.1) is 0 Å². The fourth-order valence-electron chi connectivity index (χ4n) is 2.92. The number of aromatic nitrogens is 3. The summed E-state index contributed by atoms with van der Waals surface area (Å²) in [5.41, 5.74) is 4.02. The molecule has 2 N–H and O–H groups in total. The molecule has 30 heavy (non-hydrogen) atoms. The smallest absolute Gasteiger partial charge is 0.225 e. The number of ether oxygens (including phenoxy) is 1. The van der Waals surface area contributed by atoms with Crippen molar-refractivity contribution in [2.24, 2.45) is 0 Å². The number of benzene rings is 2. The molecule has 0 atom stereocenters. The van der Waals surface area contributed by atoms with E-state index in [1.165, 1.54) is 0 Å². The molecule has 0 aliphatic heterocycles. The molecule has 0 aliphatic carbocycles. The number of hydrogen-bond donors (Lipinski definition) is 2. The zero-order chi connectivity index (χ0) is 20.6. The molecule has 6 nitrogen and oxygen atoms in total. The quantitative estimate of drug-likeness (QED) is 0.430. The van der Waals surface area contributed by atoms with Crippen molar-refractivity contribution in [2.75, 3.05) is 10.6 Å². The van der Waals surface area contributed by atoms with Crippen molar-refractivity contribution >= 4 is 17.5 Å². The van der Waals surface area contributed by atoms with E-state index in [2.05, 4.69) is 25.6 Å². The predicted octanol–water partition coefficient (Wildman–Crippen LogP) is 5.11. The highest BCUT2D eigenvalue weighted by Crippen LogP contribution is 2.21. The van der Waals surface area contributed by atoms with E-state index in [9.17, 15) is 0 Å². The first-order chi connectivity index (χ1) is 14.7. The van der Waals surface area contributed by atoms with Gasteiger partial charge in [-0.1, -0.05) is 36.4 Å². The van der Waals surface area contributed by atoms with E-state index >= 15 is 0 Å². The monoisotopic (exact) mass is 397 g/mol. The van der Waals surface area contributed by atoms with Crippen LogP contribution in [0.5, 0.6) is 5.75 Å². The topological polar surface area (TPSA) is 72.0 Å². The summed E-state index contributed by atoms with van der Waals surface area (Å²) in [7, 11) is 0.